The minimum atomic E-state index is 0.474. The fourth-order valence-electron chi connectivity index (χ4n) is 3.29. The Morgan fingerprint density at radius 2 is 1.60 bits per heavy atom. The van der Waals surface area contributed by atoms with Gasteiger partial charge in [-0.05, 0) is 62.0 Å². The first-order valence-electron chi connectivity index (χ1n) is 8.39. The molecule has 0 amide bonds. The normalized spacial score (nSPS) is 24.9. The number of nitrogens with one attached hydrogen (secondary N) is 1. The summed E-state index contributed by atoms with van der Waals surface area (Å²) >= 11 is 0. The molecule has 1 aliphatic carbocycles. The van der Waals surface area contributed by atoms with Crippen LogP contribution in [0.1, 0.15) is 70.5 Å². The molecule has 1 aromatic carbocycles. The fraction of sp³-hybridized carbons (Fsp3) is 0.684. The minimum Gasteiger partial charge on any atom is -0.307 e. The van der Waals surface area contributed by atoms with E-state index in [2.05, 4.69) is 57.3 Å². The average Bonchev–Trinajstić information content (AvgIpc) is 2.41. The SMILES string of the molecule is CC(C)Cc1ccc(C(C)NC2CCC(C)CC2)cc1. The van der Waals surface area contributed by atoms with Crippen LogP contribution in [0.5, 0.6) is 0 Å². The Balaban J connectivity index is 1.87. The van der Waals surface area contributed by atoms with Gasteiger partial charge in [-0.15, -0.1) is 0 Å². The highest BCUT2D eigenvalue weighted by Gasteiger charge is 2.19. The minimum absolute atomic E-state index is 0.474. The van der Waals surface area contributed by atoms with E-state index in [1.807, 2.05) is 0 Å². The molecule has 1 N–H and O–H groups in total. The van der Waals surface area contributed by atoms with Crippen molar-refractivity contribution in [2.24, 2.45) is 11.8 Å². The Morgan fingerprint density at radius 3 is 2.15 bits per heavy atom. The van der Waals surface area contributed by atoms with E-state index in [-0.39, 0.29) is 0 Å². The monoisotopic (exact) mass is 273 g/mol. The molecule has 20 heavy (non-hydrogen) atoms. The summed E-state index contributed by atoms with van der Waals surface area (Å²) < 4.78 is 0. The maximum Gasteiger partial charge on any atom is 0.0294 e. The summed E-state index contributed by atoms with van der Waals surface area (Å²) in [6.45, 7) is 9.24. The van der Waals surface area contributed by atoms with Crippen molar-refractivity contribution in [3.63, 3.8) is 0 Å². The molecule has 0 radical (unpaired) electrons. The maximum atomic E-state index is 3.82. The molecule has 1 nitrogen and oxygen atoms in total. The predicted molar refractivity (Wildman–Crippen MR) is 88.0 cm³/mol. The van der Waals surface area contributed by atoms with Crippen LogP contribution in [0.4, 0.5) is 0 Å². The molecule has 1 heteroatoms. The molecular weight excluding hydrogens is 242 g/mol. The largest absolute Gasteiger partial charge is 0.307 e. The first-order valence-corrected chi connectivity index (χ1v) is 8.39. The van der Waals surface area contributed by atoms with Gasteiger partial charge in [0.2, 0.25) is 0 Å². The number of hydrogen-bond donors (Lipinski definition) is 1. The van der Waals surface area contributed by atoms with E-state index in [9.17, 15) is 0 Å². The Bertz CT molecular complexity index is 385. The van der Waals surface area contributed by atoms with Crippen LogP contribution in [0.2, 0.25) is 0 Å². The van der Waals surface area contributed by atoms with Crippen LogP contribution in [-0.2, 0) is 6.42 Å². The van der Waals surface area contributed by atoms with E-state index in [4.69, 9.17) is 0 Å². The molecule has 0 aliphatic heterocycles. The third kappa shape index (κ3) is 4.63. The molecule has 1 atom stereocenters. The van der Waals surface area contributed by atoms with Gasteiger partial charge in [-0.3, -0.25) is 0 Å². The highest BCUT2D eigenvalue weighted by Crippen LogP contribution is 2.25. The average molecular weight is 273 g/mol. The topological polar surface area (TPSA) is 12.0 Å². The molecule has 0 saturated heterocycles. The molecule has 1 fully saturated rings. The van der Waals surface area contributed by atoms with E-state index in [1.165, 1.54) is 43.2 Å². The quantitative estimate of drug-likeness (QED) is 0.785. The molecule has 2 rings (SSSR count). The molecule has 0 spiro atoms. The molecule has 1 aliphatic rings. The second-order valence-corrected chi connectivity index (χ2v) is 7.18. The van der Waals surface area contributed by atoms with Crippen molar-refractivity contribution in [2.45, 2.75) is 71.9 Å². The van der Waals surface area contributed by atoms with Crippen molar-refractivity contribution in [3.05, 3.63) is 35.4 Å². The van der Waals surface area contributed by atoms with Gasteiger partial charge in [0, 0.05) is 12.1 Å². The predicted octanol–water partition coefficient (Wildman–Crippen LogP) is 5.11. The van der Waals surface area contributed by atoms with Gasteiger partial charge in [0.25, 0.3) is 0 Å². The van der Waals surface area contributed by atoms with Crippen molar-refractivity contribution in [1.29, 1.82) is 0 Å². The molecular formula is C19H31N. The second kappa shape index (κ2) is 7.26. The first kappa shape index (κ1) is 15.6. The number of benzene rings is 1. The van der Waals surface area contributed by atoms with Crippen LogP contribution in [0.25, 0.3) is 0 Å². The van der Waals surface area contributed by atoms with Crippen LogP contribution in [0, 0.1) is 11.8 Å². The van der Waals surface area contributed by atoms with Crippen LogP contribution >= 0.6 is 0 Å². The van der Waals surface area contributed by atoms with Crippen LogP contribution in [-0.4, -0.2) is 6.04 Å². The smallest absolute Gasteiger partial charge is 0.0294 e. The lowest BCUT2D eigenvalue weighted by atomic mass is 9.87. The lowest BCUT2D eigenvalue weighted by Gasteiger charge is -2.30. The fourth-order valence-corrected chi connectivity index (χ4v) is 3.29. The summed E-state index contributed by atoms with van der Waals surface area (Å²) in [6.07, 6.45) is 6.64. The second-order valence-electron chi connectivity index (χ2n) is 7.18. The third-order valence-corrected chi connectivity index (χ3v) is 4.63. The summed E-state index contributed by atoms with van der Waals surface area (Å²) in [7, 11) is 0. The van der Waals surface area contributed by atoms with Gasteiger partial charge in [0.15, 0.2) is 0 Å². The van der Waals surface area contributed by atoms with Crippen molar-refractivity contribution in [1.82, 2.24) is 5.32 Å². The van der Waals surface area contributed by atoms with Gasteiger partial charge in [-0.25, -0.2) is 0 Å². The van der Waals surface area contributed by atoms with E-state index < -0.39 is 0 Å². The molecule has 0 heterocycles. The lowest BCUT2D eigenvalue weighted by molar-refractivity contribution is 0.292. The van der Waals surface area contributed by atoms with E-state index in [0.717, 1.165) is 17.9 Å². The summed E-state index contributed by atoms with van der Waals surface area (Å²) in [6, 6.07) is 10.4. The van der Waals surface area contributed by atoms with Gasteiger partial charge in [-0.1, -0.05) is 45.0 Å². The molecule has 112 valence electrons. The first-order chi connectivity index (χ1) is 9.54. The highest BCUT2D eigenvalue weighted by atomic mass is 14.9. The Morgan fingerprint density at radius 1 is 1.00 bits per heavy atom. The van der Waals surface area contributed by atoms with Gasteiger partial charge < -0.3 is 5.32 Å². The van der Waals surface area contributed by atoms with Gasteiger partial charge >= 0.3 is 0 Å². The van der Waals surface area contributed by atoms with Crippen molar-refractivity contribution < 1.29 is 0 Å². The molecule has 0 bridgehead atoms. The Hall–Kier alpha value is -0.820. The summed E-state index contributed by atoms with van der Waals surface area (Å²) in [5, 5.41) is 3.82. The van der Waals surface area contributed by atoms with Crippen molar-refractivity contribution in [2.75, 3.05) is 0 Å². The van der Waals surface area contributed by atoms with Crippen LogP contribution < -0.4 is 5.32 Å². The zero-order chi connectivity index (χ0) is 14.5. The van der Waals surface area contributed by atoms with Crippen molar-refractivity contribution >= 4 is 0 Å². The standard InChI is InChI=1S/C19H31N/c1-14(2)13-17-7-9-18(10-8-17)16(4)20-19-11-5-15(3)6-12-19/h7-10,14-16,19-20H,5-6,11-13H2,1-4H3. The van der Waals surface area contributed by atoms with E-state index >= 15 is 0 Å². The lowest BCUT2D eigenvalue weighted by Crippen LogP contribution is -2.34. The Labute approximate surface area is 125 Å². The molecule has 0 aromatic heterocycles. The number of rotatable bonds is 5. The number of hydrogen-bond acceptors (Lipinski definition) is 1. The third-order valence-electron chi connectivity index (χ3n) is 4.63. The van der Waals surface area contributed by atoms with Gasteiger partial charge in [-0.2, -0.15) is 0 Å². The van der Waals surface area contributed by atoms with Crippen LogP contribution in [0.3, 0.4) is 0 Å². The molecule has 1 saturated carbocycles. The van der Waals surface area contributed by atoms with E-state index in [0.29, 0.717) is 6.04 Å². The maximum absolute atomic E-state index is 3.82. The summed E-state index contributed by atoms with van der Waals surface area (Å²) in [5.74, 6) is 1.67. The van der Waals surface area contributed by atoms with Gasteiger partial charge in [0.1, 0.15) is 0 Å². The highest BCUT2D eigenvalue weighted by molar-refractivity contribution is 5.25. The molecule has 1 aromatic rings. The molecule has 1 unspecified atom stereocenters. The summed E-state index contributed by atoms with van der Waals surface area (Å²) in [4.78, 5) is 0. The Kier molecular flexibility index (Phi) is 5.65. The van der Waals surface area contributed by atoms with Crippen molar-refractivity contribution in [3.8, 4) is 0 Å². The van der Waals surface area contributed by atoms with Crippen LogP contribution in [0.15, 0.2) is 24.3 Å². The van der Waals surface area contributed by atoms with E-state index in [1.54, 1.807) is 0 Å². The summed E-state index contributed by atoms with van der Waals surface area (Å²) in [5.41, 5.74) is 2.89. The zero-order valence-electron chi connectivity index (χ0n) is 13.7. The van der Waals surface area contributed by atoms with Gasteiger partial charge in [0.05, 0.1) is 0 Å². The zero-order valence-corrected chi connectivity index (χ0v) is 13.7.